The number of benzene rings is 1. The average Bonchev–Trinajstić information content (AvgIpc) is 2.94. The molecule has 0 aliphatic heterocycles. The van der Waals surface area contributed by atoms with Gasteiger partial charge in [-0.3, -0.25) is 4.98 Å². The molecule has 20 heavy (non-hydrogen) atoms. The highest BCUT2D eigenvalue weighted by molar-refractivity contribution is 6.35. The largest absolute Gasteiger partial charge is 0.396 e. The fourth-order valence-corrected chi connectivity index (χ4v) is 2.31. The standard InChI is InChI=1S/C14H13ClN4O/c15-12-5-6-13(14-11(12)4-1-7-16-14)19-9-10(17-18-19)3-2-8-20/h1,4-7,9,20H,2-3,8H2. The number of aliphatic hydroxyl groups excluding tert-OH is 1. The summed E-state index contributed by atoms with van der Waals surface area (Å²) in [6, 6.07) is 7.49. The molecule has 1 N–H and O–H groups in total. The number of nitrogens with zero attached hydrogens (tertiary/aromatic N) is 4. The molecule has 0 spiro atoms. The lowest BCUT2D eigenvalue weighted by molar-refractivity contribution is 0.288. The zero-order valence-electron chi connectivity index (χ0n) is 10.7. The van der Waals surface area contributed by atoms with Crippen molar-refractivity contribution in [2.24, 2.45) is 0 Å². The van der Waals surface area contributed by atoms with E-state index in [0.29, 0.717) is 17.9 Å². The van der Waals surface area contributed by atoms with Gasteiger partial charge in [-0.2, -0.15) is 0 Å². The summed E-state index contributed by atoms with van der Waals surface area (Å²) in [7, 11) is 0. The summed E-state index contributed by atoms with van der Waals surface area (Å²) in [6.07, 6.45) is 4.96. The number of aromatic nitrogens is 4. The zero-order chi connectivity index (χ0) is 13.9. The third-order valence-electron chi connectivity index (χ3n) is 3.07. The van der Waals surface area contributed by atoms with E-state index >= 15 is 0 Å². The molecule has 0 bridgehead atoms. The topological polar surface area (TPSA) is 63.8 Å². The van der Waals surface area contributed by atoms with Crippen molar-refractivity contribution >= 4 is 22.5 Å². The second-order valence-corrected chi connectivity index (χ2v) is 4.85. The molecule has 0 fully saturated rings. The maximum atomic E-state index is 8.84. The number of halogens is 1. The fraction of sp³-hybridized carbons (Fsp3) is 0.214. The first-order valence-corrected chi connectivity index (χ1v) is 6.73. The van der Waals surface area contributed by atoms with Crippen molar-refractivity contribution in [3.63, 3.8) is 0 Å². The van der Waals surface area contributed by atoms with Gasteiger partial charge in [0.15, 0.2) is 0 Å². The van der Waals surface area contributed by atoms with Crippen molar-refractivity contribution in [3.8, 4) is 5.69 Å². The molecule has 3 aromatic rings. The maximum Gasteiger partial charge on any atom is 0.0974 e. The van der Waals surface area contributed by atoms with Crippen LogP contribution >= 0.6 is 11.6 Å². The Morgan fingerprint density at radius 1 is 1.25 bits per heavy atom. The average molecular weight is 289 g/mol. The molecule has 0 saturated carbocycles. The molecule has 6 heteroatoms. The Kier molecular flexibility index (Phi) is 3.62. The van der Waals surface area contributed by atoms with Crippen LogP contribution in [0.3, 0.4) is 0 Å². The van der Waals surface area contributed by atoms with Crippen LogP contribution in [0, 0.1) is 0 Å². The minimum atomic E-state index is 0.151. The lowest BCUT2D eigenvalue weighted by Gasteiger charge is -2.06. The highest BCUT2D eigenvalue weighted by Crippen LogP contribution is 2.26. The van der Waals surface area contributed by atoms with E-state index in [1.807, 2.05) is 30.5 Å². The molecule has 1 aromatic carbocycles. The molecule has 3 rings (SSSR count). The Hall–Kier alpha value is -1.98. The minimum Gasteiger partial charge on any atom is -0.396 e. The number of aryl methyl sites for hydroxylation is 1. The van der Waals surface area contributed by atoms with Crippen LogP contribution in [0.5, 0.6) is 0 Å². The third kappa shape index (κ3) is 2.37. The lowest BCUT2D eigenvalue weighted by Crippen LogP contribution is -1.97. The Bertz CT molecular complexity index is 741. The summed E-state index contributed by atoms with van der Waals surface area (Å²) in [5, 5.41) is 18.6. The van der Waals surface area contributed by atoms with E-state index in [1.54, 1.807) is 10.9 Å². The minimum absolute atomic E-state index is 0.151. The van der Waals surface area contributed by atoms with Crippen LogP contribution in [-0.4, -0.2) is 31.7 Å². The number of hydrogen-bond acceptors (Lipinski definition) is 4. The molecule has 0 aliphatic carbocycles. The second-order valence-electron chi connectivity index (χ2n) is 4.45. The smallest absolute Gasteiger partial charge is 0.0974 e. The Morgan fingerprint density at radius 3 is 3.00 bits per heavy atom. The summed E-state index contributed by atoms with van der Waals surface area (Å²) >= 11 is 6.18. The highest BCUT2D eigenvalue weighted by Gasteiger charge is 2.09. The molecule has 5 nitrogen and oxygen atoms in total. The van der Waals surface area contributed by atoms with Gasteiger partial charge in [-0.25, -0.2) is 4.68 Å². The van der Waals surface area contributed by atoms with Crippen LogP contribution in [0.2, 0.25) is 5.02 Å². The molecule has 0 unspecified atom stereocenters. The summed E-state index contributed by atoms with van der Waals surface area (Å²) in [5.41, 5.74) is 2.48. The van der Waals surface area contributed by atoms with E-state index in [-0.39, 0.29) is 6.61 Å². The summed E-state index contributed by atoms with van der Waals surface area (Å²) in [6.45, 7) is 0.151. The number of aliphatic hydroxyl groups is 1. The molecule has 0 atom stereocenters. The molecule has 102 valence electrons. The lowest BCUT2D eigenvalue weighted by atomic mass is 10.2. The van der Waals surface area contributed by atoms with E-state index in [1.165, 1.54) is 0 Å². The van der Waals surface area contributed by atoms with Gasteiger partial charge in [0, 0.05) is 18.2 Å². The molecular formula is C14H13ClN4O. The van der Waals surface area contributed by atoms with Gasteiger partial charge in [-0.15, -0.1) is 5.10 Å². The molecule has 0 amide bonds. The van der Waals surface area contributed by atoms with Gasteiger partial charge in [0.2, 0.25) is 0 Å². The molecule has 2 heterocycles. The first-order chi connectivity index (χ1) is 9.79. The van der Waals surface area contributed by atoms with Crippen LogP contribution in [0.25, 0.3) is 16.6 Å². The molecule has 0 aliphatic rings. The number of hydrogen-bond donors (Lipinski definition) is 1. The first-order valence-electron chi connectivity index (χ1n) is 6.35. The van der Waals surface area contributed by atoms with Gasteiger partial charge in [-0.1, -0.05) is 16.8 Å². The first kappa shape index (κ1) is 13.0. The van der Waals surface area contributed by atoms with Crippen LogP contribution < -0.4 is 0 Å². The predicted octanol–water partition coefficient (Wildman–Crippen LogP) is 2.39. The predicted molar refractivity (Wildman–Crippen MR) is 77.1 cm³/mol. The molecule has 0 saturated heterocycles. The van der Waals surface area contributed by atoms with E-state index in [9.17, 15) is 0 Å². The Labute approximate surface area is 120 Å². The zero-order valence-corrected chi connectivity index (χ0v) is 11.5. The fourth-order valence-electron chi connectivity index (χ4n) is 2.10. The van der Waals surface area contributed by atoms with Crippen molar-refractivity contribution in [2.75, 3.05) is 6.61 Å². The van der Waals surface area contributed by atoms with Gasteiger partial charge in [0.25, 0.3) is 0 Å². The maximum absolute atomic E-state index is 8.84. The molecule has 2 aromatic heterocycles. The van der Waals surface area contributed by atoms with Gasteiger partial charge in [0.05, 0.1) is 28.1 Å². The quantitative estimate of drug-likeness (QED) is 0.801. The Balaban J connectivity index is 2.06. The van der Waals surface area contributed by atoms with Crippen molar-refractivity contribution in [3.05, 3.63) is 47.4 Å². The van der Waals surface area contributed by atoms with Gasteiger partial charge >= 0.3 is 0 Å². The van der Waals surface area contributed by atoms with E-state index < -0.39 is 0 Å². The summed E-state index contributed by atoms with van der Waals surface area (Å²) < 4.78 is 1.69. The van der Waals surface area contributed by atoms with Gasteiger partial charge in [0.1, 0.15) is 0 Å². The van der Waals surface area contributed by atoms with Crippen molar-refractivity contribution in [2.45, 2.75) is 12.8 Å². The van der Waals surface area contributed by atoms with Gasteiger partial charge < -0.3 is 5.11 Å². The van der Waals surface area contributed by atoms with E-state index in [0.717, 1.165) is 22.3 Å². The monoisotopic (exact) mass is 288 g/mol. The number of pyridine rings is 1. The summed E-state index contributed by atoms with van der Waals surface area (Å²) in [5.74, 6) is 0. The van der Waals surface area contributed by atoms with E-state index in [2.05, 4.69) is 15.3 Å². The van der Waals surface area contributed by atoms with Crippen molar-refractivity contribution in [1.82, 2.24) is 20.0 Å². The van der Waals surface area contributed by atoms with E-state index in [4.69, 9.17) is 16.7 Å². The van der Waals surface area contributed by atoms with Gasteiger partial charge in [-0.05, 0) is 37.1 Å². The second kappa shape index (κ2) is 5.56. The normalized spacial score (nSPS) is 11.1. The third-order valence-corrected chi connectivity index (χ3v) is 3.40. The Morgan fingerprint density at radius 2 is 2.15 bits per heavy atom. The summed E-state index contributed by atoms with van der Waals surface area (Å²) in [4.78, 5) is 4.38. The van der Waals surface area contributed by atoms with Crippen molar-refractivity contribution < 1.29 is 5.11 Å². The van der Waals surface area contributed by atoms with Crippen LogP contribution in [0.4, 0.5) is 0 Å². The molecular weight excluding hydrogens is 276 g/mol. The van der Waals surface area contributed by atoms with Crippen LogP contribution in [0.15, 0.2) is 36.7 Å². The van der Waals surface area contributed by atoms with Crippen LogP contribution in [-0.2, 0) is 6.42 Å². The highest BCUT2D eigenvalue weighted by atomic mass is 35.5. The number of fused-ring (bicyclic) bond motifs is 1. The molecule has 0 radical (unpaired) electrons. The SMILES string of the molecule is OCCCc1cn(-c2ccc(Cl)c3cccnc23)nn1. The van der Waals surface area contributed by atoms with Crippen LogP contribution in [0.1, 0.15) is 12.1 Å². The number of rotatable bonds is 4. The van der Waals surface area contributed by atoms with Crippen molar-refractivity contribution in [1.29, 1.82) is 0 Å².